The van der Waals surface area contributed by atoms with Gasteiger partial charge in [-0.05, 0) is 19.1 Å². The number of carbonyl (C=O) groups excluding carboxylic acids is 1. The number of carbonyl (C=O) groups is 1. The predicted molar refractivity (Wildman–Crippen MR) is 66.9 cm³/mol. The summed E-state index contributed by atoms with van der Waals surface area (Å²) in [5, 5.41) is 0. The molecule has 0 saturated heterocycles. The third-order valence-electron chi connectivity index (χ3n) is 2.04. The topological polar surface area (TPSA) is 29.5 Å². The minimum absolute atomic E-state index is 0.0911. The van der Waals surface area contributed by atoms with Gasteiger partial charge in [0.05, 0.1) is 12.9 Å². The number of rotatable bonds is 6. The fraction of sp³-hybridized carbons (Fsp3) is 0.462. The summed E-state index contributed by atoms with van der Waals surface area (Å²) in [4.78, 5) is 13.4. The molecular formula is C13H21NO2. The van der Waals surface area contributed by atoms with Crippen molar-refractivity contribution < 1.29 is 9.53 Å². The van der Waals surface area contributed by atoms with Gasteiger partial charge in [0.2, 0.25) is 0 Å². The molecule has 0 bridgehead atoms. The van der Waals surface area contributed by atoms with E-state index in [0.717, 1.165) is 5.76 Å². The van der Waals surface area contributed by atoms with Crippen molar-refractivity contribution in [1.29, 1.82) is 0 Å². The van der Waals surface area contributed by atoms with Gasteiger partial charge < -0.3 is 9.64 Å². The predicted octanol–water partition coefficient (Wildman–Crippen LogP) is 2.37. The van der Waals surface area contributed by atoms with Gasteiger partial charge in [0, 0.05) is 26.2 Å². The molecule has 0 saturated carbocycles. The highest BCUT2D eigenvalue weighted by atomic mass is 16.5. The average molecular weight is 223 g/mol. The summed E-state index contributed by atoms with van der Waals surface area (Å²) in [5.74, 6) is 0.797. The van der Waals surface area contributed by atoms with Crippen molar-refractivity contribution >= 4 is 5.78 Å². The molecule has 0 aliphatic heterocycles. The van der Waals surface area contributed by atoms with Crippen LogP contribution in [0.4, 0.5) is 0 Å². The van der Waals surface area contributed by atoms with E-state index in [1.54, 1.807) is 19.4 Å². The van der Waals surface area contributed by atoms with Gasteiger partial charge in [0.15, 0.2) is 5.78 Å². The zero-order valence-electron chi connectivity index (χ0n) is 10.7. The molecule has 3 nitrogen and oxygen atoms in total. The fourth-order valence-corrected chi connectivity index (χ4v) is 0.895. The molecule has 0 rings (SSSR count). The summed E-state index contributed by atoms with van der Waals surface area (Å²) in [6.07, 6.45) is 8.86. The van der Waals surface area contributed by atoms with Crippen LogP contribution in [0.15, 0.2) is 36.3 Å². The highest BCUT2D eigenvalue weighted by Gasteiger charge is 2.04. The van der Waals surface area contributed by atoms with Gasteiger partial charge in [-0.2, -0.15) is 0 Å². The van der Waals surface area contributed by atoms with Gasteiger partial charge in [-0.3, -0.25) is 4.79 Å². The Morgan fingerprint density at radius 1 is 1.38 bits per heavy atom. The van der Waals surface area contributed by atoms with Gasteiger partial charge in [-0.25, -0.2) is 0 Å². The van der Waals surface area contributed by atoms with E-state index in [-0.39, 0.29) is 11.7 Å². The Morgan fingerprint density at radius 2 is 2.00 bits per heavy atom. The number of ketones is 1. The summed E-state index contributed by atoms with van der Waals surface area (Å²) >= 11 is 0. The second kappa shape index (κ2) is 7.74. The number of hydrogen-bond donors (Lipinski definition) is 0. The first kappa shape index (κ1) is 14.5. The van der Waals surface area contributed by atoms with Crippen molar-refractivity contribution in [2.45, 2.75) is 13.8 Å². The third-order valence-corrected chi connectivity index (χ3v) is 2.04. The fourth-order valence-electron chi connectivity index (χ4n) is 0.895. The van der Waals surface area contributed by atoms with Crippen LogP contribution in [0.2, 0.25) is 0 Å². The Kier molecular flexibility index (Phi) is 7.01. The lowest BCUT2D eigenvalue weighted by Gasteiger charge is -2.04. The van der Waals surface area contributed by atoms with Crippen LogP contribution in [0, 0.1) is 5.92 Å². The molecule has 0 radical (unpaired) electrons. The number of hydrogen-bond acceptors (Lipinski definition) is 3. The van der Waals surface area contributed by atoms with Crippen molar-refractivity contribution in [3.05, 3.63) is 36.3 Å². The zero-order chi connectivity index (χ0) is 12.6. The van der Waals surface area contributed by atoms with Crippen molar-refractivity contribution in [3.63, 3.8) is 0 Å². The first-order valence-electron chi connectivity index (χ1n) is 5.25. The maximum atomic E-state index is 11.6. The molecule has 90 valence electrons. The lowest BCUT2D eigenvalue weighted by Crippen LogP contribution is -2.07. The molecular weight excluding hydrogens is 202 g/mol. The molecule has 0 N–H and O–H groups in total. The lowest BCUT2D eigenvalue weighted by atomic mass is 10.1. The van der Waals surface area contributed by atoms with E-state index >= 15 is 0 Å². The standard InChI is InChI=1S/C13H21NO2/c1-11(7-6-8-12(2)16-5)13(15)9-10-14(3)4/h6-11H,1-5H3/b7-6-,10-9+,12-8+/t11-/m1/s1. The zero-order valence-corrected chi connectivity index (χ0v) is 10.7. The lowest BCUT2D eigenvalue weighted by molar-refractivity contribution is -0.116. The quantitative estimate of drug-likeness (QED) is 0.393. The summed E-state index contributed by atoms with van der Waals surface area (Å²) in [7, 11) is 5.39. The molecule has 0 unspecified atom stereocenters. The van der Waals surface area contributed by atoms with Gasteiger partial charge >= 0.3 is 0 Å². The van der Waals surface area contributed by atoms with E-state index in [9.17, 15) is 4.79 Å². The molecule has 0 aliphatic rings. The van der Waals surface area contributed by atoms with Gasteiger partial charge in [-0.15, -0.1) is 0 Å². The largest absolute Gasteiger partial charge is 0.501 e. The second-order valence-electron chi connectivity index (χ2n) is 3.84. The molecule has 0 amide bonds. The van der Waals surface area contributed by atoms with Crippen LogP contribution in [0.3, 0.4) is 0 Å². The maximum absolute atomic E-state index is 11.6. The van der Waals surface area contributed by atoms with E-state index in [1.165, 1.54) is 0 Å². The summed E-state index contributed by atoms with van der Waals surface area (Å²) in [5.41, 5.74) is 0. The van der Waals surface area contributed by atoms with Crippen molar-refractivity contribution in [2.24, 2.45) is 5.92 Å². The number of nitrogens with zero attached hydrogens (tertiary/aromatic N) is 1. The monoisotopic (exact) mass is 223 g/mol. The molecule has 0 spiro atoms. The summed E-state index contributed by atoms with van der Waals surface area (Å²) in [6.45, 7) is 3.73. The Hall–Kier alpha value is -1.51. The second-order valence-corrected chi connectivity index (χ2v) is 3.84. The highest BCUT2D eigenvalue weighted by molar-refractivity contribution is 5.92. The molecule has 0 aromatic carbocycles. The van der Waals surface area contributed by atoms with Crippen molar-refractivity contribution in [1.82, 2.24) is 4.90 Å². The van der Waals surface area contributed by atoms with Crippen LogP contribution in [-0.4, -0.2) is 31.9 Å². The van der Waals surface area contributed by atoms with E-state index in [4.69, 9.17) is 4.74 Å². The Bertz CT molecular complexity index is 301. The highest BCUT2D eigenvalue weighted by Crippen LogP contribution is 2.02. The molecule has 0 heterocycles. The minimum atomic E-state index is -0.114. The molecule has 1 atom stereocenters. The van der Waals surface area contributed by atoms with Crippen LogP contribution in [0.5, 0.6) is 0 Å². The van der Waals surface area contributed by atoms with Crippen molar-refractivity contribution in [2.75, 3.05) is 21.2 Å². The van der Waals surface area contributed by atoms with Gasteiger partial charge in [-0.1, -0.05) is 19.1 Å². The molecule has 0 aromatic rings. The van der Waals surface area contributed by atoms with Gasteiger partial charge in [0.25, 0.3) is 0 Å². The van der Waals surface area contributed by atoms with E-state index in [2.05, 4.69) is 0 Å². The van der Waals surface area contributed by atoms with Crippen LogP contribution in [-0.2, 0) is 9.53 Å². The van der Waals surface area contributed by atoms with E-state index in [0.29, 0.717) is 0 Å². The van der Waals surface area contributed by atoms with Crippen LogP contribution in [0.25, 0.3) is 0 Å². The van der Waals surface area contributed by atoms with Crippen LogP contribution < -0.4 is 0 Å². The number of methoxy groups -OCH3 is 1. The first-order chi connectivity index (χ1) is 7.47. The minimum Gasteiger partial charge on any atom is -0.501 e. The Morgan fingerprint density at radius 3 is 2.50 bits per heavy atom. The van der Waals surface area contributed by atoms with E-state index in [1.807, 2.05) is 51.1 Å². The van der Waals surface area contributed by atoms with Crippen LogP contribution >= 0.6 is 0 Å². The van der Waals surface area contributed by atoms with Gasteiger partial charge in [0.1, 0.15) is 0 Å². The van der Waals surface area contributed by atoms with E-state index < -0.39 is 0 Å². The molecule has 3 heteroatoms. The normalized spacial score (nSPS) is 14.4. The maximum Gasteiger partial charge on any atom is 0.163 e. The first-order valence-corrected chi connectivity index (χ1v) is 5.25. The SMILES string of the molecule is CO/C(C)=C/C=C\[C@@H](C)C(=O)/C=C/N(C)C. The average Bonchev–Trinajstić information content (AvgIpc) is 2.25. The third kappa shape index (κ3) is 6.87. The number of ether oxygens (including phenoxy) is 1. The summed E-state index contributed by atoms with van der Waals surface area (Å²) < 4.78 is 4.98. The molecule has 16 heavy (non-hydrogen) atoms. The Balaban J connectivity index is 4.25. The number of allylic oxidation sites excluding steroid dienone is 5. The van der Waals surface area contributed by atoms with Crippen LogP contribution in [0.1, 0.15) is 13.8 Å². The smallest absolute Gasteiger partial charge is 0.163 e. The summed E-state index contributed by atoms with van der Waals surface area (Å²) in [6, 6.07) is 0. The Labute approximate surface area is 98.1 Å². The molecule has 0 fully saturated rings. The van der Waals surface area contributed by atoms with Crippen molar-refractivity contribution in [3.8, 4) is 0 Å². The molecule has 0 aliphatic carbocycles. The molecule has 0 aromatic heterocycles.